The molecule has 0 amide bonds. The van der Waals surface area contributed by atoms with Gasteiger partial charge in [0.2, 0.25) is 11.8 Å². The summed E-state index contributed by atoms with van der Waals surface area (Å²) in [5.74, 6) is 1.51. The van der Waals surface area contributed by atoms with Crippen LogP contribution in [-0.2, 0) is 12.8 Å². The Kier molecular flexibility index (Phi) is 10.1. The van der Waals surface area contributed by atoms with Crippen molar-refractivity contribution in [3.05, 3.63) is 35.7 Å². The van der Waals surface area contributed by atoms with Crippen LogP contribution in [0.15, 0.2) is 24.3 Å². The second-order valence-electron chi connectivity index (χ2n) is 8.67. The number of nitrogens with zero attached hydrogens (tertiary/aromatic N) is 2. The van der Waals surface area contributed by atoms with Crippen molar-refractivity contribution in [1.82, 2.24) is 9.97 Å². The fourth-order valence-corrected chi connectivity index (χ4v) is 4.17. The molecule has 0 unspecified atom stereocenters. The Hall–Kier alpha value is -2.10. The molecule has 0 bridgehead atoms. The van der Waals surface area contributed by atoms with Crippen LogP contribution < -0.4 is 9.47 Å². The molecule has 0 aromatic carbocycles. The summed E-state index contributed by atoms with van der Waals surface area (Å²) in [6.07, 6.45) is 15.8. The highest BCUT2D eigenvalue weighted by atomic mass is 16.5. The lowest BCUT2D eigenvalue weighted by Gasteiger charge is -2.19. The van der Waals surface area contributed by atoms with Crippen LogP contribution in [0.2, 0.25) is 0 Å². The van der Waals surface area contributed by atoms with E-state index in [1.54, 1.807) is 0 Å². The third kappa shape index (κ3) is 7.52. The van der Waals surface area contributed by atoms with Crippen molar-refractivity contribution < 1.29 is 9.47 Å². The van der Waals surface area contributed by atoms with Gasteiger partial charge in [-0.2, -0.15) is 0 Å². The SMILES string of the molecule is CCCCCCCCCCOc1ccc2c(n1)CCc1nc(OCCCCC)ccc1-2. The third-order valence-electron chi connectivity index (χ3n) is 6.03. The number of aromatic nitrogens is 2. The van der Waals surface area contributed by atoms with E-state index in [4.69, 9.17) is 19.4 Å². The van der Waals surface area contributed by atoms with Crippen molar-refractivity contribution in [2.75, 3.05) is 13.2 Å². The molecule has 0 saturated carbocycles. The third-order valence-corrected chi connectivity index (χ3v) is 6.03. The number of fused-ring (bicyclic) bond motifs is 3. The molecule has 0 N–H and O–H groups in total. The van der Waals surface area contributed by atoms with Crippen molar-refractivity contribution in [1.29, 1.82) is 0 Å². The zero-order valence-electron chi connectivity index (χ0n) is 19.6. The van der Waals surface area contributed by atoms with Gasteiger partial charge in [0.1, 0.15) is 0 Å². The van der Waals surface area contributed by atoms with Crippen molar-refractivity contribution in [3.63, 3.8) is 0 Å². The zero-order valence-corrected chi connectivity index (χ0v) is 19.6. The van der Waals surface area contributed by atoms with Crippen molar-refractivity contribution in [2.24, 2.45) is 0 Å². The number of hydrogen-bond donors (Lipinski definition) is 0. The first-order valence-electron chi connectivity index (χ1n) is 12.6. The van der Waals surface area contributed by atoms with E-state index in [9.17, 15) is 0 Å². The van der Waals surface area contributed by atoms with Gasteiger partial charge in [-0.3, -0.25) is 0 Å². The van der Waals surface area contributed by atoms with Crippen LogP contribution in [0.3, 0.4) is 0 Å². The normalized spacial score (nSPS) is 12.3. The van der Waals surface area contributed by atoms with E-state index >= 15 is 0 Å². The van der Waals surface area contributed by atoms with Crippen molar-refractivity contribution >= 4 is 0 Å². The first-order valence-corrected chi connectivity index (χ1v) is 12.6. The van der Waals surface area contributed by atoms with Gasteiger partial charge >= 0.3 is 0 Å². The van der Waals surface area contributed by atoms with Gasteiger partial charge in [0, 0.05) is 23.3 Å². The summed E-state index contributed by atoms with van der Waals surface area (Å²) in [4.78, 5) is 9.54. The molecule has 0 atom stereocenters. The molecule has 0 saturated heterocycles. The first kappa shape index (κ1) is 23.6. The van der Waals surface area contributed by atoms with Gasteiger partial charge in [-0.15, -0.1) is 0 Å². The van der Waals surface area contributed by atoms with Crippen LogP contribution in [0.1, 0.15) is 95.9 Å². The Bertz CT molecular complexity index is 791. The fourth-order valence-electron chi connectivity index (χ4n) is 4.17. The van der Waals surface area contributed by atoms with Gasteiger partial charge in [0.15, 0.2) is 0 Å². The molecule has 3 rings (SSSR count). The predicted molar refractivity (Wildman–Crippen MR) is 128 cm³/mol. The molecular weight excluding hydrogens is 384 g/mol. The van der Waals surface area contributed by atoms with Gasteiger partial charge in [0.25, 0.3) is 0 Å². The minimum absolute atomic E-state index is 0.747. The van der Waals surface area contributed by atoms with E-state index < -0.39 is 0 Å². The second-order valence-corrected chi connectivity index (χ2v) is 8.67. The standard InChI is InChI=1S/C27H40N2O2/c1-3-5-7-8-9-10-11-13-21-31-27-19-15-23-22-14-18-26(30-20-12-6-4-2)28-24(22)16-17-25(23)29-27/h14-15,18-19H,3-13,16-17,20-21H2,1-2H3. The first-order chi connectivity index (χ1) is 15.3. The Labute approximate surface area is 188 Å². The highest BCUT2D eigenvalue weighted by Crippen LogP contribution is 2.34. The van der Waals surface area contributed by atoms with E-state index in [1.165, 1.54) is 68.9 Å². The van der Waals surface area contributed by atoms with E-state index in [0.717, 1.165) is 62.0 Å². The molecule has 2 heterocycles. The minimum Gasteiger partial charge on any atom is -0.478 e. The van der Waals surface area contributed by atoms with Crippen molar-refractivity contribution in [3.8, 4) is 22.9 Å². The summed E-state index contributed by atoms with van der Waals surface area (Å²) in [6, 6.07) is 8.28. The molecule has 4 nitrogen and oxygen atoms in total. The molecular formula is C27H40N2O2. The lowest BCUT2D eigenvalue weighted by Crippen LogP contribution is -2.10. The van der Waals surface area contributed by atoms with Crippen LogP contribution in [0, 0.1) is 0 Å². The topological polar surface area (TPSA) is 44.2 Å². The van der Waals surface area contributed by atoms with E-state index in [1.807, 2.05) is 12.1 Å². The Morgan fingerprint density at radius 1 is 0.581 bits per heavy atom. The summed E-state index contributed by atoms with van der Waals surface area (Å²) in [5.41, 5.74) is 4.62. The number of ether oxygens (including phenoxy) is 2. The van der Waals surface area contributed by atoms with Crippen LogP contribution in [0.25, 0.3) is 11.1 Å². The molecule has 2 aromatic rings. The number of unbranched alkanes of at least 4 members (excludes halogenated alkanes) is 9. The summed E-state index contributed by atoms with van der Waals surface area (Å²) >= 11 is 0. The van der Waals surface area contributed by atoms with Crippen LogP contribution in [0.5, 0.6) is 11.8 Å². The predicted octanol–water partition coefficient (Wildman–Crippen LogP) is 7.33. The van der Waals surface area contributed by atoms with E-state index in [2.05, 4.69) is 26.0 Å². The largest absolute Gasteiger partial charge is 0.478 e. The lowest BCUT2D eigenvalue weighted by molar-refractivity contribution is 0.292. The fraction of sp³-hybridized carbons (Fsp3) is 0.630. The molecule has 170 valence electrons. The maximum Gasteiger partial charge on any atom is 0.213 e. The van der Waals surface area contributed by atoms with Gasteiger partial charge in [0.05, 0.1) is 24.6 Å². The zero-order chi connectivity index (χ0) is 21.7. The highest BCUT2D eigenvalue weighted by molar-refractivity contribution is 5.71. The maximum atomic E-state index is 5.94. The van der Waals surface area contributed by atoms with Crippen molar-refractivity contribution in [2.45, 2.75) is 97.3 Å². The maximum absolute atomic E-state index is 5.94. The number of pyridine rings is 2. The van der Waals surface area contributed by atoms with Gasteiger partial charge in [-0.05, 0) is 37.8 Å². The molecule has 0 radical (unpaired) electrons. The van der Waals surface area contributed by atoms with E-state index in [-0.39, 0.29) is 0 Å². The lowest BCUT2D eigenvalue weighted by atomic mass is 9.92. The second kappa shape index (κ2) is 13.3. The molecule has 4 heteroatoms. The molecule has 0 spiro atoms. The Morgan fingerprint density at radius 2 is 1.00 bits per heavy atom. The average molecular weight is 425 g/mol. The number of rotatable bonds is 15. The summed E-state index contributed by atoms with van der Waals surface area (Å²) in [5, 5.41) is 0. The highest BCUT2D eigenvalue weighted by Gasteiger charge is 2.19. The van der Waals surface area contributed by atoms with Gasteiger partial charge in [-0.1, -0.05) is 71.6 Å². The molecule has 1 aliphatic carbocycles. The smallest absolute Gasteiger partial charge is 0.213 e. The van der Waals surface area contributed by atoms with Gasteiger partial charge < -0.3 is 9.47 Å². The molecule has 1 aliphatic rings. The molecule has 0 fully saturated rings. The summed E-state index contributed by atoms with van der Waals surface area (Å²) < 4.78 is 11.8. The van der Waals surface area contributed by atoms with E-state index in [0.29, 0.717) is 0 Å². The number of hydrogen-bond acceptors (Lipinski definition) is 4. The molecule has 0 aliphatic heterocycles. The van der Waals surface area contributed by atoms with Crippen LogP contribution >= 0.6 is 0 Å². The molecule has 2 aromatic heterocycles. The van der Waals surface area contributed by atoms with Crippen LogP contribution in [0.4, 0.5) is 0 Å². The average Bonchev–Trinajstić information content (AvgIpc) is 2.80. The van der Waals surface area contributed by atoms with Gasteiger partial charge in [-0.25, -0.2) is 9.97 Å². The number of aryl methyl sites for hydroxylation is 2. The summed E-state index contributed by atoms with van der Waals surface area (Å²) in [7, 11) is 0. The van der Waals surface area contributed by atoms with Crippen LogP contribution in [-0.4, -0.2) is 23.2 Å². The monoisotopic (exact) mass is 424 g/mol. The molecule has 31 heavy (non-hydrogen) atoms. The quantitative estimate of drug-likeness (QED) is 0.281. The minimum atomic E-state index is 0.747. The summed E-state index contributed by atoms with van der Waals surface area (Å²) in [6.45, 7) is 5.98. The Morgan fingerprint density at radius 3 is 1.52 bits per heavy atom. The Balaban J connectivity index is 1.45.